The Hall–Kier alpha value is -5.37. The molecule has 2 heterocycles. The van der Waals surface area contributed by atoms with Gasteiger partial charge >= 0.3 is 5.97 Å². The third-order valence-corrected chi connectivity index (χ3v) is 11.8. The highest BCUT2D eigenvalue weighted by molar-refractivity contribution is 7.85. The number of nitrogens with one attached hydrogen (secondary N) is 3. The summed E-state index contributed by atoms with van der Waals surface area (Å²) in [6.07, 6.45) is -5.79. The number of ether oxygens (including phenoxy) is 8. The summed E-state index contributed by atoms with van der Waals surface area (Å²) in [5.74, 6) is -6.59. The van der Waals surface area contributed by atoms with Crippen LogP contribution in [-0.4, -0.2) is 214 Å². The maximum atomic E-state index is 13.0. The molecule has 1 aromatic carbocycles. The van der Waals surface area contributed by atoms with E-state index in [9.17, 15) is 71.8 Å². The van der Waals surface area contributed by atoms with Crippen molar-refractivity contribution in [3.05, 3.63) is 35.9 Å². The van der Waals surface area contributed by atoms with E-state index >= 15 is 0 Å². The van der Waals surface area contributed by atoms with Crippen molar-refractivity contribution in [2.75, 3.05) is 103 Å². The number of Topliss-reactive ketones (excluding diaryl/α,β-unsaturated/α-hetero) is 2. The average Bonchev–Trinajstić information content (AvgIpc) is 3.68. The zero-order valence-corrected chi connectivity index (χ0v) is 43.7. The lowest BCUT2D eigenvalue weighted by Gasteiger charge is -2.39. The van der Waals surface area contributed by atoms with Crippen LogP contribution >= 0.6 is 0 Å². The Morgan fingerprint density at radius 3 is 1.99 bits per heavy atom. The van der Waals surface area contributed by atoms with Crippen LogP contribution in [0.15, 0.2) is 30.4 Å². The van der Waals surface area contributed by atoms with Gasteiger partial charge in [-0.2, -0.15) is 8.42 Å². The van der Waals surface area contributed by atoms with Gasteiger partial charge < -0.3 is 74.3 Å². The normalized spacial score (nSPS) is 19.1. The van der Waals surface area contributed by atoms with Crippen LogP contribution < -0.4 is 20.7 Å². The average molecular weight is 1110 g/mol. The lowest BCUT2D eigenvalue weighted by atomic mass is 9.97. The van der Waals surface area contributed by atoms with Crippen LogP contribution in [0.3, 0.4) is 0 Å². The van der Waals surface area contributed by atoms with E-state index in [2.05, 4.69) is 16.0 Å². The Morgan fingerprint density at radius 2 is 1.37 bits per heavy atom. The van der Waals surface area contributed by atoms with Crippen molar-refractivity contribution in [2.24, 2.45) is 11.3 Å². The molecular weight excluding hydrogens is 1030 g/mol. The largest absolute Gasteiger partial charge is 0.460 e. The molecule has 0 unspecified atom stereocenters. The van der Waals surface area contributed by atoms with E-state index in [4.69, 9.17) is 37.9 Å². The number of hydrogen-bond donors (Lipinski definition) is 8. The summed E-state index contributed by atoms with van der Waals surface area (Å²) in [6, 6.07) is 4.30. The van der Waals surface area contributed by atoms with Gasteiger partial charge in [0.15, 0.2) is 0 Å². The van der Waals surface area contributed by atoms with Crippen molar-refractivity contribution >= 4 is 62.9 Å². The summed E-state index contributed by atoms with van der Waals surface area (Å²) in [6.45, 7) is 4.78. The lowest BCUT2D eigenvalue weighted by molar-refractivity contribution is -0.277. The molecule has 28 heteroatoms. The number of rotatable bonds is 38. The van der Waals surface area contributed by atoms with E-state index < -0.39 is 119 Å². The molecule has 0 bridgehead atoms. The fraction of sp³-hybridized carbons (Fsp3) is 0.667. The van der Waals surface area contributed by atoms with Crippen LogP contribution in [0.25, 0.3) is 0 Å². The van der Waals surface area contributed by atoms with E-state index in [1.165, 1.54) is 30.4 Å². The molecule has 76 heavy (non-hydrogen) atoms. The zero-order chi connectivity index (χ0) is 56.3. The molecule has 0 radical (unpaired) electrons. The quantitative estimate of drug-likeness (QED) is 0.0155. The highest BCUT2D eigenvalue weighted by atomic mass is 32.2. The second-order valence-electron chi connectivity index (χ2n) is 18.4. The van der Waals surface area contributed by atoms with Gasteiger partial charge in [0.25, 0.3) is 21.9 Å². The number of anilines is 1. The van der Waals surface area contributed by atoms with E-state index in [1.807, 2.05) is 0 Å². The van der Waals surface area contributed by atoms with Crippen molar-refractivity contribution < 1.29 is 110 Å². The van der Waals surface area contributed by atoms with Crippen molar-refractivity contribution in [1.82, 2.24) is 15.5 Å². The third kappa shape index (κ3) is 25.2. The Morgan fingerprint density at radius 1 is 0.737 bits per heavy atom. The van der Waals surface area contributed by atoms with Crippen molar-refractivity contribution in [3.8, 4) is 5.75 Å². The maximum Gasteiger partial charge on any atom is 0.311 e. The molecule has 0 spiro atoms. The highest BCUT2D eigenvalue weighted by Crippen LogP contribution is 2.31. The zero-order valence-electron chi connectivity index (χ0n) is 42.8. The minimum atomic E-state index is -4.66. The molecule has 8 N–H and O–H groups in total. The lowest BCUT2D eigenvalue weighted by Crippen LogP contribution is -2.60. The smallest absolute Gasteiger partial charge is 0.311 e. The number of benzene rings is 1. The molecule has 27 nitrogen and oxygen atoms in total. The van der Waals surface area contributed by atoms with E-state index in [1.54, 1.807) is 20.8 Å². The fourth-order valence-corrected chi connectivity index (χ4v) is 7.63. The molecule has 1 aromatic rings. The predicted octanol–water partition coefficient (Wildman–Crippen LogP) is -1.88. The summed E-state index contributed by atoms with van der Waals surface area (Å²) < 4.78 is 76.1. The Balaban J connectivity index is 1.27. The number of amides is 5. The van der Waals surface area contributed by atoms with Gasteiger partial charge in [0.1, 0.15) is 54.9 Å². The SMILES string of the molecule is CC(C)(C)C(=O)OCc1ccc(O[C@@H]2O[C@H](CO)[C@H](O)[C@H](O)[C@H]2O)c(NC(=O)CCNC(=O)COCCNC(=O)[C@@H](CC(=O)CCOCCOCCOCCOCCCC(=O)CCN2C(=O)C=CC2=O)CS(=O)(=O)O)c1. The van der Waals surface area contributed by atoms with E-state index in [0.29, 0.717) is 31.8 Å². The van der Waals surface area contributed by atoms with Crippen molar-refractivity contribution in [1.29, 1.82) is 0 Å². The molecule has 0 saturated carbocycles. The van der Waals surface area contributed by atoms with Gasteiger partial charge in [-0.1, -0.05) is 6.07 Å². The van der Waals surface area contributed by atoms with Gasteiger partial charge in [0, 0.05) is 70.5 Å². The van der Waals surface area contributed by atoms with Crippen molar-refractivity contribution in [2.45, 2.75) is 96.6 Å². The second-order valence-corrected chi connectivity index (χ2v) is 19.9. The molecule has 428 valence electrons. The van der Waals surface area contributed by atoms with Gasteiger partial charge in [0.2, 0.25) is 24.0 Å². The summed E-state index contributed by atoms with van der Waals surface area (Å²) in [4.78, 5) is 99.3. The van der Waals surface area contributed by atoms with E-state index in [0.717, 1.165) is 4.90 Å². The van der Waals surface area contributed by atoms with Crippen LogP contribution in [-0.2, 0) is 88.2 Å². The topological polar surface area (TPSA) is 385 Å². The summed E-state index contributed by atoms with van der Waals surface area (Å²) >= 11 is 0. The maximum absolute atomic E-state index is 13.0. The summed E-state index contributed by atoms with van der Waals surface area (Å²) in [7, 11) is -4.66. The molecule has 1 saturated heterocycles. The molecule has 6 atom stereocenters. The van der Waals surface area contributed by atoms with Crippen LogP contribution in [0.5, 0.6) is 5.75 Å². The molecule has 2 aliphatic rings. The summed E-state index contributed by atoms with van der Waals surface area (Å²) in [5.41, 5.74) is -0.357. The Kier molecular flexibility index (Phi) is 28.8. The van der Waals surface area contributed by atoms with Crippen molar-refractivity contribution in [3.63, 3.8) is 0 Å². The second kappa shape index (κ2) is 33.7. The third-order valence-electron chi connectivity index (χ3n) is 11.0. The molecule has 2 aliphatic heterocycles. The Bertz CT molecular complexity index is 2200. The first-order chi connectivity index (χ1) is 36.0. The number of hydrogen-bond acceptors (Lipinski definition) is 22. The molecule has 5 amide bonds. The van der Waals surface area contributed by atoms with Gasteiger partial charge in [-0.05, 0) is 44.9 Å². The number of nitrogens with zero attached hydrogens (tertiary/aromatic N) is 1. The molecule has 1 fully saturated rings. The number of carbonyl (C=O) groups is 8. The minimum absolute atomic E-state index is 0.0192. The molecule has 0 aliphatic carbocycles. The highest BCUT2D eigenvalue weighted by Gasteiger charge is 2.45. The predicted molar refractivity (Wildman–Crippen MR) is 262 cm³/mol. The first-order valence-corrected chi connectivity index (χ1v) is 26.1. The number of aliphatic hydroxyl groups excluding tert-OH is 4. The van der Waals surface area contributed by atoms with Gasteiger partial charge in [-0.15, -0.1) is 0 Å². The van der Waals surface area contributed by atoms with Crippen LogP contribution in [0.1, 0.15) is 64.9 Å². The molecule has 0 aromatic heterocycles. The molecule has 3 rings (SSSR count). The number of carbonyl (C=O) groups excluding carboxylic acids is 8. The first kappa shape index (κ1) is 64.9. The number of esters is 1. The molecular formula is C48H72N4O23S. The van der Waals surface area contributed by atoms with Gasteiger partial charge in [-0.3, -0.25) is 47.8 Å². The minimum Gasteiger partial charge on any atom is -0.460 e. The first-order valence-electron chi connectivity index (χ1n) is 24.5. The van der Waals surface area contributed by atoms with Crippen LogP contribution in [0.4, 0.5) is 5.69 Å². The number of aliphatic hydroxyl groups is 4. The number of imide groups is 1. The fourth-order valence-electron chi connectivity index (χ4n) is 6.85. The summed E-state index contributed by atoms with van der Waals surface area (Å²) in [5, 5.41) is 47.9. The Labute approximate surface area is 439 Å². The van der Waals surface area contributed by atoms with Gasteiger partial charge in [-0.25, -0.2) is 0 Å². The standard InChI is InChI=1S/C48H72N4O23S/c1-48(2,3)47(64)73-28-31-6-7-36(74-46-44(62)43(61)42(60)37(27-53)75-46)35(25-31)51-38(56)10-13-49-39(57)29-72-18-14-50-45(63)32(30-76(65,66)67)26-34(55)12-17-69-20-22-71-24-23-70-21-19-68-16-4-5-33(54)11-15-52-40(58)8-9-41(52)59/h6-9,25,32,37,42-44,46,53,60-62H,4-5,10-24,26-30H2,1-3H3,(H,49,57)(H,50,63)(H,51,56)(H,65,66,67)/t32-,37+,42-,43-,44+,46+/m0/s1. The monoisotopic (exact) mass is 1100 g/mol. The van der Waals surface area contributed by atoms with Gasteiger partial charge in [0.05, 0.1) is 82.2 Å². The van der Waals surface area contributed by atoms with E-state index in [-0.39, 0.29) is 109 Å². The number of ketones is 2. The van der Waals surface area contributed by atoms with Crippen LogP contribution in [0.2, 0.25) is 0 Å². The van der Waals surface area contributed by atoms with Crippen LogP contribution in [0, 0.1) is 11.3 Å².